The molecule has 1 rings (SSSR count). The van der Waals surface area contributed by atoms with E-state index in [0.717, 1.165) is 0 Å². The van der Waals surface area contributed by atoms with Gasteiger partial charge < -0.3 is 56.1 Å². The number of ether oxygens (including phenoxy) is 2. The van der Waals surface area contributed by atoms with Crippen LogP contribution in [0, 0.1) is 0 Å². The van der Waals surface area contributed by atoms with Crippen molar-refractivity contribution in [2.24, 2.45) is 5.73 Å². The minimum absolute atomic E-state index is 0.612. The highest BCUT2D eigenvalue weighted by Gasteiger charge is 2.44. The van der Waals surface area contributed by atoms with E-state index in [2.05, 4.69) is 0 Å². The van der Waals surface area contributed by atoms with Gasteiger partial charge in [0.25, 0.3) is 0 Å². The molecule has 9 atom stereocenters. The average molecular weight is 343 g/mol. The first-order valence-corrected chi connectivity index (χ1v) is 7.07. The average Bonchev–Trinajstić information content (AvgIpc) is 2.56. The van der Waals surface area contributed by atoms with Gasteiger partial charge in [0.15, 0.2) is 6.29 Å². The maximum Gasteiger partial charge on any atom is 0.186 e. The van der Waals surface area contributed by atoms with Gasteiger partial charge in [-0.15, -0.1) is 0 Å². The Morgan fingerprint density at radius 3 is 2.09 bits per heavy atom. The Labute approximate surface area is 132 Å². The molecule has 0 amide bonds. The third-order valence-electron chi connectivity index (χ3n) is 3.67. The second-order valence-electron chi connectivity index (χ2n) is 5.43. The van der Waals surface area contributed by atoms with Crippen LogP contribution in [0.5, 0.6) is 0 Å². The summed E-state index contributed by atoms with van der Waals surface area (Å²) in [5.74, 6) is 0. The minimum Gasteiger partial charge on any atom is -0.395 e. The fourth-order valence-corrected chi connectivity index (χ4v) is 2.09. The first-order chi connectivity index (χ1) is 10.7. The lowest BCUT2D eigenvalue weighted by atomic mass is 9.99. The topological polar surface area (TPSA) is 206 Å². The molecule has 23 heavy (non-hydrogen) atoms. The van der Waals surface area contributed by atoms with Crippen LogP contribution in [0.2, 0.25) is 0 Å². The first-order valence-electron chi connectivity index (χ1n) is 7.07. The third kappa shape index (κ3) is 5.01. The van der Waals surface area contributed by atoms with Gasteiger partial charge in [-0.05, 0) is 0 Å². The van der Waals surface area contributed by atoms with Crippen LogP contribution in [-0.2, 0) is 9.47 Å². The van der Waals surface area contributed by atoms with Crippen LogP contribution in [0.1, 0.15) is 0 Å². The Morgan fingerprint density at radius 2 is 1.57 bits per heavy atom. The van der Waals surface area contributed by atoms with E-state index in [9.17, 15) is 30.6 Å². The first kappa shape index (κ1) is 20.6. The van der Waals surface area contributed by atoms with Gasteiger partial charge in [-0.3, -0.25) is 0 Å². The summed E-state index contributed by atoms with van der Waals surface area (Å²) in [5.41, 5.74) is 5.32. The number of rotatable bonds is 8. The molecule has 0 saturated carbocycles. The summed E-state index contributed by atoms with van der Waals surface area (Å²) in [6.45, 7) is -1.86. The predicted molar refractivity (Wildman–Crippen MR) is 72.8 cm³/mol. The number of aliphatic hydroxyl groups is 8. The van der Waals surface area contributed by atoms with Crippen molar-refractivity contribution >= 4 is 0 Å². The van der Waals surface area contributed by atoms with Crippen molar-refractivity contribution in [2.75, 3.05) is 19.8 Å². The molecule has 1 fully saturated rings. The summed E-state index contributed by atoms with van der Waals surface area (Å²) in [6.07, 6.45) is -12.5. The molecule has 1 heterocycles. The Kier molecular flexibility index (Phi) is 8.20. The summed E-state index contributed by atoms with van der Waals surface area (Å²) >= 11 is 0. The Bertz CT molecular complexity index is 346. The SMILES string of the molecule is N[C@@H](CO)[C@@H](O)[C@H](O)[C@H](O)CO[C@H]1O[C@H](CO)[C@@H](O)[C@H](O)[C@H]1O. The van der Waals surface area contributed by atoms with Gasteiger partial charge in [-0.25, -0.2) is 0 Å². The maximum absolute atomic E-state index is 9.72. The van der Waals surface area contributed by atoms with Crippen molar-refractivity contribution < 1.29 is 50.3 Å². The highest BCUT2D eigenvalue weighted by molar-refractivity contribution is 4.89. The van der Waals surface area contributed by atoms with Crippen molar-refractivity contribution in [2.45, 2.75) is 55.1 Å². The van der Waals surface area contributed by atoms with Crippen molar-refractivity contribution in [3.63, 3.8) is 0 Å². The van der Waals surface area contributed by atoms with Crippen LogP contribution in [0.4, 0.5) is 0 Å². The van der Waals surface area contributed by atoms with Gasteiger partial charge in [0.05, 0.1) is 32.0 Å². The van der Waals surface area contributed by atoms with Gasteiger partial charge in [0.2, 0.25) is 0 Å². The summed E-state index contributed by atoms with van der Waals surface area (Å²) in [6, 6.07) is -1.17. The monoisotopic (exact) mass is 343 g/mol. The Balaban J connectivity index is 2.55. The largest absolute Gasteiger partial charge is 0.395 e. The highest BCUT2D eigenvalue weighted by Crippen LogP contribution is 2.22. The van der Waals surface area contributed by atoms with Gasteiger partial charge in [0.1, 0.15) is 36.6 Å². The molecule has 0 spiro atoms. The molecule has 0 radical (unpaired) electrons. The standard InChI is InChI=1S/C12H25NO10/c13-4(1-14)7(17)8(18)5(16)3-22-12-11(21)10(20)9(19)6(2-15)23-12/h4-12,14-21H,1-3,13H2/t4-,5+,6+,7+,8+,9+,10-,11+,12-/m0/s1. The van der Waals surface area contributed by atoms with Crippen LogP contribution in [0.15, 0.2) is 0 Å². The van der Waals surface area contributed by atoms with Crippen LogP contribution in [-0.4, -0.2) is 116 Å². The zero-order valence-corrected chi connectivity index (χ0v) is 12.3. The summed E-state index contributed by atoms with van der Waals surface area (Å²) in [7, 11) is 0. The van der Waals surface area contributed by atoms with Gasteiger partial charge in [-0.1, -0.05) is 0 Å². The van der Waals surface area contributed by atoms with Crippen LogP contribution in [0.3, 0.4) is 0 Å². The van der Waals surface area contributed by atoms with Gasteiger partial charge in [-0.2, -0.15) is 0 Å². The Morgan fingerprint density at radius 1 is 0.957 bits per heavy atom. The van der Waals surface area contributed by atoms with E-state index >= 15 is 0 Å². The lowest BCUT2D eigenvalue weighted by Gasteiger charge is -2.40. The molecule has 138 valence electrons. The fourth-order valence-electron chi connectivity index (χ4n) is 2.09. The molecule has 0 aliphatic carbocycles. The zero-order chi connectivity index (χ0) is 17.7. The normalized spacial score (nSPS) is 37.2. The van der Waals surface area contributed by atoms with Gasteiger partial charge in [0, 0.05) is 0 Å². The van der Waals surface area contributed by atoms with Gasteiger partial charge >= 0.3 is 0 Å². The molecule has 1 saturated heterocycles. The fraction of sp³-hybridized carbons (Fsp3) is 1.00. The zero-order valence-electron chi connectivity index (χ0n) is 12.3. The molecule has 1 aliphatic heterocycles. The second-order valence-corrected chi connectivity index (χ2v) is 5.43. The molecule has 0 aromatic rings. The van der Waals surface area contributed by atoms with Crippen molar-refractivity contribution in [1.29, 1.82) is 0 Å². The molecular formula is C12H25NO10. The quantitative estimate of drug-likeness (QED) is 0.203. The number of nitrogens with two attached hydrogens (primary N) is 1. The van der Waals surface area contributed by atoms with E-state index in [4.69, 9.17) is 25.4 Å². The molecule has 0 bridgehead atoms. The van der Waals surface area contributed by atoms with E-state index in [1.54, 1.807) is 0 Å². The molecule has 0 aromatic carbocycles. The van der Waals surface area contributed by atoms with Crippen LogP contribution < -0.4 is 5.73 Å². The molecule has 11 nitrogen and oxygen atoms in total. The lowest BCUT2D eigenvalue weighted by Crippen LogP contribution is -2.59. The van der Waals surface area contributed by atoms with E-state index in [1.807, 2.05) is 0 Å². The molecule has 11 heteroatoms. The smallest absolute Gasteiger partial charge is 0.186 e. The number of hydrogen-bond donors (Lipinski definition) is 9. The van der Waals surface area contributed by atoms with E-state index in [-0.39, 0.29) is 0 Å². The van der Waals surface area contributed by atoms with E-state index in [1.165, 1.54) is 0 Å². The van der Waals surface area contributed by atoms with Crippen molar-refractivity contribution in [3.05, 3.63) is 0 Å². The van der Waals surface area contributed by atoms with Crippen LogP contribution >= 0.6 is 0 Å². The van der Waals surface area contributed by atoms with Crippen LogP contribution in [0.25, 0.3) is 0 Å². The summed E-state index contributed by atoms with van der Waals surface area (Å²) in [4.78, 5) is 0. The maximum atomic E-state index is 9.72. The molecular weight excluding hydrogens is 318 g/mol. The van der Waals surface area contributed by atoms with E-state index < -0.39 is 74.9 Å². The van der Waals surface area contributed by atoms with E-state index in [0.29, 0.717) is 0 Å². The number of hydrogen-bond acceptors (Lipinski definition) is 11. The minimum atomic E-state index is -1.73. The van der Waals surface area contributed by atoms with Crippen molar-refractivity contribution in [3.8, 4) is 0 Å². The van der Waals surface area contributed by atoms with Crippen molar-refractivity contribution in [1.82, 2.24) is 0 Å². The molecule has 10 N–H and O–H groups in total. The molecule has 0 unspecified atom stereocenters. The third-order valence-corrected chi connectivity index (χ3v) is 3.67. The summed E-state index contributed by atoms with van der Waals surface area (Å²) in [5, 5.41) is 75.6. The summed E-state index contributed by atoms with van der Waals surface area (Å²) < 4.78 is 10.1. The lowest BCUT2D eigenvalue weighted by molar-refractivity contribution is -0.306. The molecule has 1 aliphatic rings. The second kappa shape index (κ2) is 9.15. The predicted octanol–water partition coefficient (Wildman–Crippen LogP) is -5.79. The molecule has 0 aromatic heterocycles. The highest BCUT2D eigenvalue weighted by atomic mass is 16.7. The Hall–Kier alpha value is -0.440. The number of aliphatic hydroxyl groups excluding tert-OH is 8.